The lowest BCUT2D eigenvalue weighted by atomic mass is 10.2. The monoisotopic (exact) mass is 145 g/mol. The second kappa shape index (κ2) is 5.23. The Bertz CT molecular complexity index is 104. The number of ether oxygens (including phenoxy) is 1. The summed E-state index contributed by atoms with van der Waals surface area (Å²) in [6, 6.07) is 0. The molecular weight excluding hydrogens is 130 g/mol. The van der Waals surface area contributed by atoms with Crippen LogP contribution < -0.4 is 5.32 Å². The third-order valence-electron chi connectivity index (χ3n) is 1.20. The summed E-state index contributed by atoms with van der Waals surface area (Å²) in [5, 5.41) is 2.91. The fourth-order valence-corrected chi connectivity index (χ4v) is 0.674. The number of hydrogen-bond donors (Lipinski definition) is 1. The lowest BCUT2D eigenvalue weighted by molar-refractivity contribution is -0.147. The molecule has 0 radical (unpaired) electrons. The topological polar surface area (TPSA) is 38.3 Å². The summed E-state index contributed by atoms with van der Waals surface area (Å²) >= 11 is 0. The Morgan fingerprint density at radius 1 is 1.70 bits per heavy atom. The van der Waals surface area contributed by atoms with Crippen molar-refractivity contribution in [1.29, 1.82) is 0 Å². The second-order valence-corrected chi connectivity index (χ2v) is 2.21. The maximum Gasteiger partial charge on any atom is 0.309 e. The van der Waals surface area contributed by atoms with Gasteiger partial charge in [-0.15, -0.1) is 0 Å². The Kier molecular flexibility index (Phi) is 4.94. The van der Waals surface area contributed by atoms with Gasteiger partial charge in [0, 0.05) is 6.54 Å². The molecular formula is C7H15NO2. The third-order valence-corrected chi connectivity index (χ3v) is 1.20. The van der Waals surface area contributed by atoms with Crippen molar-refractivity contribution in [2.45, 2.75) is 13.8 Å². The van der Waals surface area contributed by atoms with Gasteiger partial charge in [-0.3, -0.25) is 4.79 Å². The van der Waals surface area contributed by atoms with Crippen LogP contribution in [0.3, 0.4) is 0 Å². The zero-order valence-electron chi connectivity index (χ0n) is 6.81. The van der Waals surface area contributed by atoms with Crippen LogP contribution in [-0.4, -0.2) is 26.2 Å². The first-order valence-corrected chi connectivity index (χ1v) is 3.53. The molecule has 1 atom stereocenters. The summed E-state index contributed by atoms with van der Waals surface area (Å²) in [6.45, 7) is 4.80. The highest BCUT2D eigenvalue weighted by atomic mass is 16.5. The molecule has 0 unspecified atom stereocenters. The van der Waals surface area contributed by atoms with E-state index in [0.717, 1.165) is 0 Å². The van der Waals surface area contributed by atoms with E-state index in [-0.39, 0.29) is 11.9 Å². The van der Waals surface area contributed by atoms with Gasteiger partial charge in [0.2, 0.25) is 0 Å². The van der Waals surface area contributed by atoms with E-state index in [0.29, 0.717) is 13.2 Å². The SMILES string of the molecule is CCOC(=O)[C@H](C)CNC. The van der Waals surface area contributed by atoms with Gasteiger partial charge < -0.3 is 10.1 Å². The van der Waals surface area contributed by atoms with Crippen molar-refractivity contribution in [3.63, 3.8) is 0 Å². The molecule has 0 bridgehead atoms. The van der Waals surface area contributed by atoms with Crippen LogP contribution >= 0.6 is 0 Å². The van der Waals surface area contributed by atoms with Crippen molar-refractivity contribution in [3.8, 4) is 0 Å². The average molecular weight is 145 g/mol. The molecule has 0 aromatic heterocycles. The number of esters is 1. The predicted molar refractivity (Wildman–Crippen MR) is 39.7 cm³/mol. The van der Waals surface area contributed by atoms with Crippen molar-refractivity contribution in [2.24, 2.45) is 5.92 Å². The van der Waals surface area contributed by atoms with Crippen molar-refractivity contribution < 1.29 is 9.53 Å². The van der Waals surface area contributed by atoms with Crippen LogP contribution in [0.15, 0.2) is 0 Å². The normalized spacial score (nSPS) is 12.7. The van der Waals surface area contributed by atoms with Crippen LogP contribution in [0, 0.1) is 5.92 Å². The molecule has 0 aromatic rings. The minimum atomic E-state index is -0.128. The Hall–Kier alpha value is -0.570. The van der Waals surface area contributed by atoms with Crippen molar-refractivity contribution in [1.82, 2.24) is 5.32 Å². The number of hydrogen-bond acceptors (Lipinski definition) is 3. The minimum Gasteiger partial charge on any atom is -0.466 e. The van der Waals surface area contributed by atoms with E-state index in [9.17, 15) is 4.79 Å². The average Bonchev–Trinajstić information content (AvgIpc) is 1.89. The molecule has 0 aliphatic rings. The van der Waals surface area contributed by atoms with Gasteiger partial charge in [0.1, 0.15) is 0 Å². The summed E-state index contributed by atoms with van der Waals surface area (Å²) in [6.07, 6.45) is 0. The molecule has 3 nitrogen and oxygen atoms in total. The molecule has 60 valence electrons. The van der Waals surface area contributed by atoms with Crippen LogP contribution in [0.2, 0.25) is 0 Å². The molecule has 0 spiro atoms. The molecule has 3 heteroatoms. The zero-order valence-corrected chi connectivity index (χ0v) is 6.81. The van der Waals surface area contributed by atoms with E-state index in [1.54, 1.807) is 0 Å². The quantitative estimate of drug-likeness (QED) is 0.582. The summed E-state index contributed by atoms with van der Waals surface area (Å²) in [7, 11) is 1.82. The molecule has 0 saturated carbocycles. The second-order valence-electron chi connectivity index (χ2n) is 2.21. The maximum atomic E-state index is 10.9. The van der Waals surface area contributed by atoms with Crippen molar-refractivity contribution >= 4 is 5.97 Å². The molecule has 0 aliphatic carbocycles. The van der Waals surface area contributed by atoms with Gasteiger partial charge in [0.25, 0.3) is 0 Å². The summed E-state index contributed by atoms with van der Waals surface area (Å²) < 4.78 is 4.78. The van der Waals surface area contributed by atoms with Gasteiger partial charge in [0.05, 0.1) is 12.5 Å². The number of nitrogens with one attached hydrogen (secondary N) is 1. The van der Waals surface area contributed by atoms with Crippen molar-refractivity contribution in [2.75, 3.05) is 20.2 Å². The van der Waals surface area contributed by atoms with Crippen LogP contribution in [0.5, 0.6) is 0 Å². The maximum absolute atomic E-state index is 10.9. The van der Waals surface area contributed by atoms with Crippen molar-refractivity contribution in [3.05, 3.63) is 0 Å². The third kappa shape index (κ3) is 3.45. The van der Waals surface area contributed by atoms with Crippen LogP contribution in [-0.2, 0) is 9.53 Å². The lowest BCUT2D eigenvalue weighted by Crippen LogP contribution is -2.25. The molecule has 0 saturated heterocycles. The fraction of sp³-hybridized carbons (Fsp3) is 0.857. The first kappa shape index (κ1) is 9.43. The van der Waals surface area contributed by atoms with E-state index in [1.807, 2.05) is 20.9 Å². The number of carbonyl (C=O) groups is 1. The van der Waals surface area contributed by atoms with E-state index in [2.05, 4.69) is 5.32 Å². The summed E-state index contributed by atoms with van der Waals surface area (Å²) in [5.74, 6) is -0.165. The highest BCUT2D eigenvalue weighted by Gasteiger charge is 2.11. The summed E-state index contributed by atoms with van der Waals surface area (Å²) in [4.78, 5) is 10.9. The van der Waals surface area contributed by atoms with Gasteiger partial charge in [-0.25, -0.2) is 0 Å². The molecule has 0 heterocycles. The zero-order chi connectivity index (χ0) is 7.98. The first-order valence-electron chi connectivity index (χ1n) is 3.53. The van der Waals surface area contributed by atoms with Gasteiger partial charge in [-0.05, 0) is 14.0 Å². The smallest absolute Gasteiger partial charge is 0.309 e. The summed E-state index contributed by atoms with van der Waals surface area (Å²) in [5.41, 5.74) is 0. The fourth-order valence-electron chi connectivity index (χ4n) is 0.674. The Labute approximate surface area is 61.8 Å². The van der Waals surface area contributed by atoms with E-state index in [1.165, 1.54) is 0 Å². The molecule has 0 amide bonds. The standard InChI is InChI=1S/C7H15NO2/c1-4-10-7(9)6(2)5-8-3/h6,8H,4-5H2,1-3H3/t6-/m1/s1. The van der Waals surface area contributed by atoms with E-state index < -0.39 is 0 Å². The lowest BCUT2D eigenvalue weighted by Gasteiger charge is -2.08. The number of rotatable bonds is 4. The van der Waals surface area contributed by atoms with E-state index >= 15 is 0 Å². The molecule has 0 aromatic carbocycles. The highest BCUT2D eigenvalue weighted by molar-refractivity contribution is 5.72. The molecule has 0 rings (SSSR count). The highest BCUT2D eigenvalue weighted by Crippen LogP contribution is 1.95. The van der Waals surface area contributed by atoms with E-state index in [4.69, 9.17) is 4.74 Å². The van der Waals surface area contributed by atoms with Gasteiger partial charge in [0.15, 0.2) is 0 Å². The van der Waals surface area contributed by atoms with Crippen LogP contribution in [0.1, 0.15) is 13.8 Å². The van der Waals surface area contributed by atoms with Crippen LogP contribution in [0.4, 0.5) is 0 Å². The largest absolute Gasteiger partial charge is 0.466 e. The van der Waals surface area contributed by atoms with Gasteiger partial charge >= 0.3 is 5.97 Å². The van der Waals surface area contributed by atoms with Crippen LogP contribution in [0.25, 0.3) is 0 Å². The Balaban J connectivity index is 3.49. The predicted octanol–water partition coefficient (Wildman–Crippen LogP) is 0.405. The minimum absolute atomic E-state index is 0.0371. The molecule has 0 aliphatic heterocycles. The Morgan fingerprint density at radius 2 is 2.30 bits per heavy atom. The molecule has 1 N–H and O–H groups in total. The molecule has 10 heavy (non-hydrogen) atoms. The molecule has 0 fully saturated rings. The first-order chi connectivity index (χ1) is 4.72. The van der Waals surface area contributed by atoms with Gasteiger partial charge in [-0.2, -0.15) is 0 Å². The van der Waals surface area contributed by atoms with Gasteiger partial charge in [-0.1, -0.05) is 6.92 Å². The Morgan fingerprint density at radius 3 is 2.70 bits per heavy atom. The number of carbonyl (C=O) groups excluding carboxylic acids is 1.